The van der Waals surface area contributed by atoms with Gasteiger partial charge in [0.1, 0.15) is 22.8 Å². The minimum absolute atomic E-state index is 0.0227. The normalized spacial score (nSPS) is 18.0. The molecule has 5 aromatic rings. The predicted octanol–water partition coefficient (Wildman–Crippen LogP) is 5.54. The minimum atomic E-state index is -0.628. The zero-order valence-corrected chi connectivity index (χ0v) is 27.8. The highest BCUT2D eigenvalue weighted by Crippen LogP contribution is 2.29. The predicted molar refractivity (Wildman–Crippen MR) is 190 cm³/mol. The van der Waals surface area contributed by atoms with Crippen LogP contribution in [0.3, 0.4) is 0 Å². The molecule has 50 heavy (non-hydrogen) atoms. The summed E-state index contributed by atoms with van der Waals surface area (Å²) in [5.74, 6) is -0.839. The van der Waals surface area contributed by atoms with Crippen LogP contribution in [0.5, 0.6) is 11.6 Å². The Morgan fingerprint density at radius 3 is 2.28 bits per heavy atom. The van der Waals surface area contributed by atoms with E-state index in [4.69, 9.17) is 4.74 Å². The van der Waals surface area contributed by atoms with E-state index in [0.717, 1.165) is 68.1 Å². The molecule has 1 aliphatic carbocycles. The van der Waals surface area contributed by atoms with Gasteiger partial charge in [-0.15, -0.1) is 0 Å². The van der Waals surface area contributed by atoms with Gasteiger partial charge in [0.15, 0.2) is 0 Å². The fourth-order valence-electron chi connectivity index (χ4n) is 6.58. The van der Waals surface area contributed by atoms with Crippen LogP contribution in [0.25, 0.3) is 22.2 Å². The van der Waals surface area contributed by atoms with Gasteiger partial charge in [-0.1, -0.05) is 48.5 Å². The lowest BCUT2D eigenvalue weighted by atomic mass is 9.91. The van der Waals surface area contributed by atoms with E-state index in [9.17, 15) is 14.0 Å². The van der Waals surface area contributed by atoms with Gasteiger partial charge in [-0.2, -0.15) is 0 Å². The summed E-state index contributed by atoms with van der Waals surface area (Å²) in [6.07, 6.45) is 6.18. The second kappa shape index (κ2) is 15.5. The first-order valence-corrected chi connectivity index (χ1v) is 17.3. The summed E-state index contributed by atoms with van der Waals surface area (Å²) >= 11 is 0. The van der Waals surface area contributed by atoms with E-state index in [-0.39, 0.29) is 35.1 Å². The highest BCUT2D eigenvalue weighted by atomic mass is 19.1. The molecular weight excluding hydrogens is 633 g/mol. The van der Waals surface area contributed by atoms with Crippen LogP contribution < -0.4 is 20.7 Å². The van der Waals surface area contributed by atoms with Gasteiger partial charge in [0.25, 0.3) is 11.8 Å². The Labute approximate surface area is 290 Å². The number of ether oxygens (including phenoxy) is 1. The van der Waals surface area contributed by atoms with E-state index < -0.39 is 11.7 Å². The Bertz CT molecular complexity index is 1960. The highest BCUT2D eigenvalue weighted by molar-refractivity contribution is 5.96. The molecular formula is C39H40FN7O3. The largest absolute Gasteiger partial charge is 0.438 e. The molecule has 3 heterocycles. The van der Waals surface area contributed by atoms with Crippen molar-refractivity contribution in [1.29, 1.82) is 0 Å². The van der Waals surface area contributed by atoms with Crippen LogP contribution in [0.1, 0.15) is 52.1 Å². The SMILES string of the molecule is O=C(NC1CCC(NC(=O)c2cc(F)cnc2Oc2cccc(-c3ccc(CCN4CCNCC4)cc3)c2)CC1)c1cnc2ccccc2n1. The van der Waals surface area contributed by atoms with Crippen LogP contribution >= 0.6 is 0 Å². The summed E-state index contributed by atoms with van der Waals surface area (Å²) in [5.41, 5.74) is 4.98. The molecule has 0 atom stereocenters. The van der Waals surface area contributed by atoms with Crippen LogP contribution in [0.2, 0.25) is 0 Å². The fraction of sp³-hybridized carbons (Fsp3) is 0.308. The van der Waals surface area contributed by atoms with Crippen molar-refractivity contribution in [2.45, 2.75) is 44.2 Å². The molecule has 11 heteroatoms. The molecule has 1 aliphatic heterocycles. The lowest BCUT2D eigenvalue weighted by Crippen LogP contribution is -2.44. The number of rotatable bonds is 10. The maximum Gasteiger partial charge on any atom is 0.271 e. The Balaban J connectivity index is 0.940. The first-order chi connectivity index (χ1) is 24.5. The zero-order valence-electron chi connectivity index (χ0n) is 27.8. The summed E-state index contributed by atoms with van der Waals surface area (Å²) in [4.78, 5) is 41.7. The standard InChI is InChI=1S/C39H40FN7O3/c40-29-23-33(37(48)44-30-12-14-31(15-13-30)45-38(49)36-25-42-34-6-1-2-7-35(34)46-36)39(43-24-29)50-32-5-3-4-28(22-32)27-10-8-26(9-11-27)16-19-47-20-17-41-18-21-47/h1-11,22-25,30-31,41H,12-21H2,(H,44,48)(H,45,49). The van der Waals surface area contributed by atoms with Crippen molar-refractivity contribution in [1.82, 2.24) is 35.8 Å². The fourth-order valence-corrected chi connectivity index (χ4v) is 6.58. The van der Waals surface area contributed by atoms with Gasteiger partial charge in [-0.05, 0) is 79.1 Å². The van der Waals surface area contributed by atoms with Crippen LogP contribution in [0.15, 0.2) is 91.3 Å². The number of hydrogen-bond acceptors (Lipinski definition) is 8. The van der Waals surface area contributed by atoms with E-state index in [2.05, 4.69) is 60.1 Å². The third-order valence-electron chi connectivity index (χ3n) is 9.40. The Hall–Kier alpha value is -5.26. The van der Waals surface area contributed by atoms with Crippen molar-refractivity contribution >= 4 is 22.8 Å². The Kier molecular flexibility index (Phi) is 10.3. The number of halogens is 1. The molecule has 3 aromatic carbocycles. The summed E-state index contributed by atoms with van der Waals surface area (Å²) in [6, 6.07) is 24.5. The third-order valence-corrected chi connectivity index (χ3v) is 9.40. The molecule has 2 fully saturated rings. The van der Waals surface area contributed by atoms with Gasteiger partial charge in [0, 0.05) is 44.8 Å². The monoisotopic (exact) mass is 673 g/mol. The van der Waals surface area contributed by atoms with Crippen LogP contribution in [0.4, 0.5) is 4.39 Å². The van der Waals surface area contributed by atoms with Gasteiger partial charge in [-0.3, -0.25) is 14.6 Å². The van der Waals surface area contributed by atoms with E-state index in [1.165, 1.54) is 11.8 Å². The molecule has 10 nitrogen and oxygen atoms in total. The molecule has 3 N–H and O–H groups in total. The third kappa shape index (κ3) is 8.30. The molecule has 2 aromatic heterocycles. The number of piperazine rings is 1. The van der Waals surface area contributed by atoms with Crippen LogP contribution in [-0.4, -0.2) is 76.5 Å². The Morgan fingerprint density at radius 2 is 1.52 bits per heavy atom. The molecule has 0 radical (unpaired) electrons. The van der Waals surface area contributed by atoms with Crippen LogP contribution in [0, 0.1) is 5.82 Å². The molecule has 2 aliphatic rings. The summed E-state index contributed by atoms with van der Waals surface area (Å²) in [6.45, 7) is 5.32. The molecule has 7 rings (SSSR count). The van der Waals surface area contributed by atoms with Crippen molar-refractivity contribution in [2.75, 3.05) is 32.7 Å². The van der Waals surface area contributed by atoms with E-state index in [0.29, 0.717) is 36.9 Å². The van der Waals surface area contributed by atoms with Gasteiger partial charge in [0.05, 0.1) is 23.4 Å². The van der Waals surface area contributed by atoms with E-state index in [1.807, 2.05) is 42.5 Å². The van der Waals surface area contributed by atoms with Gasteiger partial charge < -0.3 is 25.6 Å². The number of nitrogens with one attached hydrogen (secondary N) is 3. The van der Waals surface area contributed by atoms with Crippen molar-refractivity contribution in [2.24, 2.45) is 0 Å². The minimum Gasteiger partial charge on any atom is -0.438 e. The summed E-state index contributed by atoms with van der Waals surface area (Å²) in [5, 5.41) is 9.46. The number of carbonyl (C=O) groups is 2. The smallest absolute Gasteiger partial charge is 0.271 e. The van der Waals surface area contributed by atoms with Gasteiger partial charge in [0.2, 0.25) is 5.88 Å². The van der Waals surface area contributed by atoms with Crippen molar-refractivity contribution in [3.8, 4) is 22.8 Å². The molecule has 1 saturated carbocycles. The molecule has 256 valence electrons. The first kappa shape index (κ1) is 33.2. The molecule has 0 bridgehead atoms. The van der Waals surface area contributed by atoms with Crippen molar-refractivity contribution in [3.63, 3.8) is 0 Å². The first-order valence-electron chi connectivity index (χ1n) is 17.3. The van der Waals surface area contributed by atoms with Gasteiger partial charge >= 0.3 is 0 Å². The number of amides is 2. The highest BCUT2D eigenvalue weighted by Gasteiger charge is 2.26. The Morgan fingerprint density at radius 1 is 0.800 bits per heavy atom. The van der Waals surface area contributed by atoms with Crippen LogP contribution in [-0.2, 0) is 6.42 Å². The number of fused-ring (bicyclic) bond motifs is 1. The maximum atomic E-state index is 14.3. The molecule has 2 amide bonds. The quantitative estimate of drug-likeness (QED) is 0.177. The number of aromatic nitrogens is 3. The number of nitrogens with zero attached hydrogens (tertiary/aromatic N) is 4. The average Bonchev–Trinajstić information content (AvgIpc) is 3.16. The maximum absolute atomic E-state index is 14.3. The number of benzene rings is 3. The van der Waals surface area contributed by atoms with Gasteiger partial charge in [-0.25, -0.2) is 14.4 Å². The molecule has 0 spiro atoms. The number of hydrogen-bond donors (Lipinski definition) is 3. The molecule has 0 unspecified atom stereocenters. The zero-order chi connectivity index (χ0) is 34.3. The second-order valence-electron chi connectivity index (χ2n) is 12.9. The average molecular weight is 674 g/mol. The summed E-state index contributed by atoms with van der Waals surface area (Å²) < 4.78 is 20.4. The van der Waals surface area contributed by atoms with Crippen molar-refractivity contribution in [3.05, 3.63) is 114 Å². The lowest BCUT2D eigenvalue weighted by Gasteiger charge is -2.29. The number of carbonyl (C=O) groups excluding carboxylic acids is 2. The van der Waals surface area contributed by atoms with E-state index in [1.54, 1.807) is 6.07 Å². The summed E-state index contributed by atoms with van der Waals surface area (Å²) in [7, 11) is 0. The van der Waals surface area contributed by atoms with E-state index >= 15 is 0 Å². The topological polar surface area (TPSA) is 121 Å². The lowest BCUT2D eigenvalue weighted by molar-refractivity contribution is 0.0887. The van der Waals surface area contributed by atoms with Crippen molar-refractivity contribution < 1.29 is 18.7 Å². The number of pyridine rings is 1. The number of para-hydroxylation sites is 2. The second-order valence-corrected chi connectivity index (χ2v) is 12.9. The molecule has 1 saturated heterocycles.